The lowest BCUT2D eigenvalue weighted by molar-refractivity contribution is 0.850. The van der Waals surface area contributed by atoms with Crippen molar-refractivity contribution in [2.75, 3.05) is 0 Å². The van der Waals surface area contributed by atoms with Crippen molar-refractivity contribution in [3.63, 3.8) is 0 Å². The Hall–Kier alpha value is -1.68. The van der Waals surface area contributed by atoms with Crippen LogP contribution in [0.25, 0.3) is 5.69 Å². The molecule has 2 aromatic heterocycles. The van der Waals surface area contributed by atoms with Gasteiger partial charge < -0.3 is 5.73 Å². The smallest absolute Gasteiger partial charge is 0.0829 e. The maximum atomic E-state index is 5.46. The van der Waals surface area contributed by atoms with Gasteiger partial charge in [-0.3, -0.25) is 4.98 Å². The number of nitrogens with zero attached hydrogens (tertiary/aromatic N) is 3. The highest BCUT2D eigenvalue weighted by Gasteiger charge is 1.98. The molecular weight excluding hydrogens is 176 g/mol. The van der Waals surface area contributed by atoms with Gasteiger partial charge in [0.15, 0.2) is 0 Å². The van der Waals surface area contributed by atoms with Gasteiger partial charge in [-0.15, -0.1) is 0 Å². The molecule has 2 rings (SSSR count). The SMILES string of the molecule is Cc1ccn(-c2ccc(CN)nc2)n1. The van der Waals surface area contributed by atoms with Gasteiger partial charge >= 0.3 is 0 Å². The fourth-order valence-electron chi connectivity index (χ4n) is 1.23. The van der Waals surface area contributed by atoms with Crippen LogP contribution in [0.4, 0.5) is 0 Å². The van der Waals surface area contributed by atoms with Crippen LogP contribution in [0.5, 0.6) is 0 Å². The average molecular weight is 188 g/mol. The number of rotatable bonds is 2. The Labute approximate surface area is 82.4 Å². The maximum Gasteiger partial charge on any atom is 0.0829 e. The molecule has 0 amide bonds. The minimum absolute atomic E-state index is 0.471. The first kappa shape index (κ1) is 8.90. The Morgan fingerprint density at radius 3 is 2.71 bits per heavy atom. The normalized spacial score (nSPS) is 10.4. The zero-order chi connectivity index (χ0) is 9.97. The minimum Gasteiger partial charge on any atom is -0.325 e. The third-order valence-electron chi connectivity index (χ3n) is 2.01. The number of hydrogen-bond acceptors (Lipinski definition) is 3. The third-order valence-corrected chi connectivity index (χ3v) is 2.01. The van der Waals surface area contributed by atoms with Crippen LogP contribution < -0.4 is 5.73 Å². The molecule has 0 fully saturated rings. The van der Waals surface area contributed by atoms with E-state index >= 15 is 0 Å². The lowest BCUT2D eigenvalue weighted by Crippen LogP contribution is -2.01. The van der Waals surface area contributed by atoms with Gasteiger partial charge in [-0.05, 0) is 25.1 Å². The van der Waals surface area contributed by atoms with Gasteiger partial charge in [-0.1, -0.05) is 0 Å². The molecule has 4 nitrogen and oxygen atoms in total. The molecule has 0 aliphatic carbocycles. The third kappa shape index (κ3) is 1.65. The van der Waals surface area contributed by atoms with E-state index in [1.807, 2.05) is 31.3 Å². The van der Waals surface area contributed by atoms with E-state index < -0.39 is 0 Å². The monoisotopic (exact) mass is 188 g/mol. The van der Waals surface area contributed by atoms with Crippen LogP contribution >= 0.6 is 0 Å². The number of aryl methyl sites for hydroxylation is 1. The molecule has 0 saturated carbocycles. The minimum atomic E-state index is 0.471. The Morgan fingerprint density at radius 1 is 1.36 bits per heavy atom. The summed E-state index contributed by atoms with van der Waals surface area (Å²) in [7, 11) is 0. The van der Waals surface area contributed by atoms with Crippen molar-refractivity contribution in [3.05, 3.63) is 42.0 Å². The summed E-state index contributed by atoms with van der Waals surface area (Å²) in [6.45, 7) is 2.43. The fraction of sp³-hybridized carbons (Fsp3) is 0.200. The van der Waals surface area contributed by atoms with Gasteiger partial charge in [0.05, 0.1) is 23.3 Å². The van der Waals surface area contributed by atoms with E-state index in [2.05, 4.69) is 10.1 Å². The van der Waals surface area contributed by atoms with Gasteiger partial charge in [-0.25, -0.2) is 4.68 Å². The summed E-state index contributed by atoms with van der Waals surface area (Å²) in [5.74, 6) is 0. The molecule has 0 bridgehead atoms. The summed E-state index contributed by atoms with van der Waals surface area (Å²) in [6, 6.07) is 5.82. The molecule has 0 spiro atoms. The van der Waals surface area contributed by atoms with Crippen molar-refractivity contribution >= 4 is 0 Å². The van der Waals surface area contributed by atoms with Crippen molar-refractivity contribution in [1.82, 2.24) is 14.8 Å². The molecule has 0 atom stereocenters. The molecule has 2 N–H and O–H groups in total. The average Bonchev–Trinajstić information content (AvgIpc) is 2.65. The second-order valence-corrected chi connectivity index (χ2v) is 3.11. The van der Waals surface area contributed by atoms with Crippen LogP contribution in [0, 0.1) is 6.92 Å². The summed E-state index contributed by atoms with van der Waals surface area (Å²) >= 11 is 0. The van der Waals surface area contributed by atoms with Crippen molar-refractivity contribution in [3.8, 4) is 5.69 Å². The van der Waals surface area contributed by atoms with E-state index in [-0.39, 0.29) is 0 Å². The van der Waals surface area contributed by atoms with E-state index in [1.165, 1.54) is 0 Å². The number of pyridine rings is 1. The Kier molecular flexibility index (Phi) is 2.28. The largest absolute Gasteiger partial charge is 0.325 e. The molecule has 0 radical (unpaired) electrons. The number of hydrogen-bond donors (Lipinski definition) is 1. The fourth-order valence-corrected chi connectivity index (χ4v) is 1.23. The predicted octanol–water partition coefficient (Wildman–Crippen LogP) is 1.03. The molecular formula is C10H12N4. The first-order valence-corrected chi connectivity index (χ1v) is 4.47. The van der Waals surface area contributed by atoms with Crippen LogP contribution in [0.2, 0.25) is 0 Å². The Balaban J connectivity index is 2.33. The van der Waals surface area contributed by atoms with Crippen LogP contribution in [0.15, 0.2) is 30.6 Å². The van der Waals surface area contributed by atoms with E-state index in [0.717, 1.165) is 17.1 Å². The quantitative estimate of drug-likeness (QED) is 0.766. The highest BCUT2D eigenvalue weighted by atomic mass is 15.3. The molecule has 2 heterocycles. The van der Waals surface area contributed by atoms with Gasteiger partial charge in [0.25, 0.3) is 0 Å². The molecule has 4 heteroatoms. The molecule has 2 aromatic rings. The van der Waals surface area contributed by atoms with E-state index in [0.29, 0.717) is 6.54 Å². The van der Waals surface area contributed by atoms with Crippen LogP contribution in [0.1, 0.15) is 11.4 Å². The van der Waals surface area contributed by atoms with E-state index in [4.69, 9.17) is 5.73 Å². The van der Waals surface area contributed by atoms with Gasteiger partial charge in [0.1, 0.15) is 0 Å². The van der Waals surface area contributed by atoms with Crippen LogP contribution in [-0.2, 0) is 6.54 Å². The van der Waals surface area contributed by atoms with Crippen LogP contribution in [0.3, 0.4) is 0 Å². The van der Waals surface area contributed by atoms with Crippen molar-refractivity contribution in [1.29, 1.82) is 0 Å². The van der Waals surface area contributed by atoms with Crippen molar-refractivity contribution in [2.45, 2.75) is 13.5 Å². The maximum absolute atomic E-state index is 5.46. The van der Waals surface area contributed by atoms with Gasteiger partial charge in [0.2, 0.25) is 0 Å². The molecule has 0 aromatic carbocycles. The van der Waals surface area contributed by atoms with Crippen molar-refractivity contribution < 1.29 is 0 Å². The van der Waals surface area contributed by atoms with Gasteiger partial charge in [-0.2, -0.15) is 5.10 Å². The highest BCUT2D eigenvalue weighted by molar-refractivity contribution is 5.28. The Morgan fingerprint density at radius 2 is 2.21 bits per heavy atom. The standard InChI is InChI=1S/C10H12N4/c1-8-4-5-14(13-8)10-3-2-9(6-11)12-7-10/h2-5,7H,6,11H2,1H3. The van der Waals surface area contributed by atoms with E-state index in [9.17, 15) is 0 Å². The summed E-state index contributed by atoms with van der Waals surface area (Å²) in [5.41, 5.74) is 8.29. The topological polar surface area (TPSA) is 56.7 Å². The first-order valence-electron chi connectivity index (χ1n) is 4.47. The zero-order valence-corrected chi connectivity index (χ0v) is 8.01. The molecule has 14 heavy (non-hydrogen) atoms. The second kappa shape index (κ2) is 3.59. The molecule has 72 valence electrons. The lowest BCUT2D eigenvalue weighted by atomic mass is 10.3. The first-order chi connectivity index (χ1) is 6.79. The van der Waals surface area contributed by atoms with E-state index in [1.54, 1.807) is 10.9 Å². The van der Waals surface area contributed by atoms with Gasteiger partial charge in [0, 0.05) is 12.7 Å². The number of aromatic nitrogens is 3. The summed E-state index contributed by atoms with van der Waals surface area (Å²) in [4.78, 5) is 4.20. The highest BCUT2D eigenvalue weighted by Crippen LogP contribution is 2.06. The number of nitrogens with two attached hydrogens (primary N) is 1. The zero-order valence-electron chi connectivity index (χ0n) is 8.01. The van der Waals surface area contributed by atoms with Crippen molar-refractivity contribution in [2.24, 2.45) is 5.73 Å². The molecule has 0 unspecified atom stereocenters. The molecule has 0 saturated heterocycles. The van der Waals surface area contributed by atoms with Crippen LogP contribution in [-0.4, -0.2) is 14.8 Å². The summed E-state index contributed by atoms with van der Waals surface area (Å²) in [5, 5.41) is 4.28. The molecule has 0 aliphatic rings. The molecule has 0 aliphatic heterocycles. The lowest BCUT2D eigenvalue weighted by Gasteiger charge is -2.01. The predicted molar refractivity (Wildman–Crippen MR) is 54.0 cm³/mol. The Bertz CT molecular complexity index is 416. The summed E-state index contributed by atoms with van der Waals surface area (Å²) < 4.78 is 1.79. The second-order valence-electron chi connectivity index (χ2n) is 3.11. The summed E-state index contributed by atoms with van der Waals surface area (Å²) in [6.07, 6.45) is 3.68.